The minimum atomic E-state index is 0.100. The Morgan fingerprint density at radius 1 is 1.31 bits per heavy atom. The number of hydrogen-bond acceptors (Lipinski definition) is 3. The van der Waals surface area contributed by atoms with Crippen molar-refractivity contribution in [2.75, 3.05) is 0 Å². The Hall–Kier alpha value is -1.35. The number of thiazole rings is 1. The number of hydrogen-bond donors (Lipinski definition) is 1. The molecule has 0 radical (unpaired) electrons. The summed E-state index contributed by atoms with van der Waals surface area (Å²) in [6.07, 6.45) is 0. The highest BCUT2D eigenvalue weighted by atomic mass is 32.1. The molecule has 2 nitrogen and oxygen atoms in total. The van der Waals surface area contributed by atoms with Gasteiger partial charge in [0.25, 0.3) is 0 Å². The van der Waals surface area contributed by atoms with Gasteiger partial charge in [0, 0.05) is 5.56 Å². The Bertz CT molecular complexity index is 422. The SMILES string of the molecule is Cc1ccccc1-c1nc(O)cs1. The first-order chi connectivity index (χ1) is 6.27. The van der Waals surface area contributed by atoms with Gasteiger partial charge in [-0.25, -0.2) is 4.98 Å². The normalized spacial score (nSPS) is 10.2. The maximum absolute atomic E-state index is 9.10. The second-order valence-corrected chi connectivity index (χ2v) is 3.68. The van der Waals surface area contributed by atoms with Crippen molar-refractivity contribution in [2.24, 2.45) is 0 Å². The molecule has 1 aromatic heterocycles. The highest BCUT2D eigenvalue weighted by Gasteiger charge is 2.04. The molecule has 0 bridgehead atoms. The van der Waals surface area contributed by atoms with Gasteiger partial charge in [0.15, 0.2) is 0 Å². The molecule has 0 spiro atoms. The number of aromatic nitrogens is 1. The average Bonchev–Trinajstić information content (AvgIpc) is 2.53. The maximum Gasteiger partial charge on any atom is 0.222 e. The largest absolute Gasteiger partial charge is 0.493 e. The van der Waals surface area contributed by atoms with Crippen molar-refractivity contribution in [3.8, 4) is 16.5 Å². The lowest BCUT2D eigenvalue weighted by atomic mass is 10.1. The molecule has 0 aliphatic heterocycles. The first kappa shape index (κ1) is 8.26. The summed E-state index contributed by atoms with van der Waals surface area (Å²) in [7, 11) is 0. The summed E-state index contributed by atoms with van der Waals surface area (Å²) in [5.41, 5.74) is 2.27. The fourth-order valence-electron chi connectivity index (χ4n) is 1.20. The Labute approximate surface area is 80.5 Å². The van der Waals surface area contributed by atoms with E-state index in [2.05, 4.69) is 4.98 Å². The summed E-state index contributed by atoms with van der Waals surface area (Å²) in [5.74, 6) is 0.100. The summed E-state index contributed by atoms with van der Waals surface area (Å²) < 4.78 is 0. The van der Waals surface area contributed by atoms with Gasteiger partial charge in [-0.3, -0.25) is 0 Å². The first-order valence-corrected chi connectivity index (χ1v) is 4.86. The number of nitrogens with zero attached hydrogens (tertiary/aromatic N) is 1. The van der Waals surface area contributed by atoms with E-state index in [0.29, 0.717) is 0 Å². The maximum atomic E-state index is 9.10. The van der Waals surface area contributed by atoms with Crippen LogP contribution in [0.2, 0.25) is 0 Å². The summed E-state index contributed by atoms with van der Waals surface area (Å²) in [6, 6.07) is 8.01. The molecule has 2 rings (SSSR count). The second kappa shape index (κ2) is 3.18. The third kappa shape index (κ3) is 1.55. The van der Waals surface area contributed by atoms with Gasteiger partial charge in [-0.1, -0.05) is 24.3 Å². The van der Waals surface area contributed by atoms with Gasteiger partial charge < -0.3 is 5.11 Å². The van der Waals surface area contributed by atoms with Crippen molar-refractivity contribution in [1.29, 1.82) is 0 Å². The minimum absolute atomic E-state index is 0.100. The molecule has 0 saturated heterocycles. The van der Waals surface area contributed by atoms with E-state index in [4.69, 9.17) is 5.11 Å². The predicted octanol–water partition coefficient (Wildman–Crippen LogP) is 2.82. The Balaban J connectivity index is 2.52. The Kier molecular flexibility index (Phi) is 2.02. The molecular formula is C10H9NOS. The van der Waals surface area contributed by atoms with Gasteiger partial charge in [-0.05, 0) is 12.5 Å². The molecule has 0 aliphatic rings. The van der Waals surface area contributed by atoms with Crippen LogP contribution in [0, 0.1) is 6.92 Å². The van der Waals surface area contributed by atoms with Crippen molar-refractivity contribution >= 4 is 11.3 Å². The van der Waals surface area contributed by atoms with Gasteiger partial charge in [0.1, 0.15) is 5.01 Å². The van der Waals surface area contributed by atoms with Crippen LogP contribution in [0.1, 0.15) is 5.56 Å². The zero-order chi connectivity index (χ0) is 9.26. The molecule has 3 heteroatoms. The van der Waals surface area contributed by atoms with E-state index < -0.39 is 0 Å². The van der Waals surface area contributed by atoms with E-state index in [9.17, 15) is 0 Å². The molecule has 66 valence electrons. The zero-order valence-corrected chi connectivity index (χ0v) is 8.01. The first-order valence-electron chi connectivity index (χ1n) is 3.98. The average molecular weight is 191 g/mol. The van der Waals surface area contributed by atoms with Crippen molar-refractivity contribution in [3.05, 3.63) is 35.2 Å². The number of benzene rings is 1. The predicted molar refractivity (Wildman–Crippen MR) is 54.0 cm³/mol. The molecule has 2 aromatic rings. The molecular weight excluding hydrogens is 182 g/mol. The molecule has 0 unspecified atom stereocenters. The molecule has 1 aromatic carbocycles. The molecule has 0 fully saturated rings. The molecule has 1 N–H and O–H groups in total. The second-order valence-electron chi connectivity index (χ2n) is 2.83. The van der Waals surface area contributed by atoms with Crippen LogP contribution >= 0.6 is 11.3 Å². The van der Waals surface area contributed by atoms with Crippen LogP contribution in [0.25, 0.3) is 10.6 Å². The molecule has 0 saturated carbocycles. The number of aryl methyl sites for hydroxylation is 1. The standard InChI is InChI=1S/C10H9NOS/c1-7-4-2-3-5-8(7)10-11-9(12)6-13-10/h2-6,12H,1H3. The van der Waals surface area contributed by atoms with E-state index in [1.165, 1.54) is 16.9 Å². The van der Waals surface area contributed by atoms with Gasteiger partial charge in [-0.2, -0.15) is 0 Å². The van der Waals surface area contributed by atoms with E-state index in [0.717, 1.165) is 10.6 Å². The highest BCUT2D eigenvalue weighted by Crippen LogP contribution is 2.28. The smallest absolute Gasteiger partial charge is 0.222 e. The van der Waals surface area contributed by atoms with Gasteiger partial charge in [0.2, 0.25) is 5.88 Å². The van der Waals surface area contributed by atoms with Crippen LogP contribution < -0.4 is 0 Å². The van der Waals surface area contributed by atoms with Crippen molar-refractivity contribution < 1.29 is 5.11 Å². The topological polar surface area (TPSA) is 33.1 Å². The van der Waals surface area contributed by atoms with Crippen molar-refractivity contribution in [3.63, 3.8) is 0 Å². The van der Waals surface area contributed by atoms with Gasteiger partial charge >= 0.3 is 0 Å². The highest BCUT2D eigenvalue weighted by molar-refractivity contribution is 7.13. The summed E-state index contributed by atoms with van der Waals surface area (Å²) in [6.45, 7) is 2.04. The van der Waals surface area contributed by atoms with Crippen LogP contribution in [-0.4, -0.2) is 10.1 Å². The lowest BCUT2D eigenvalue weighted by molar-refractivity contribution is 0.458. The Morgan fingerprint density at radius 3 is 2.69 bits per heavy atom. The molecule has 0 aliphatic carbocycles. The van der Waals surface area contributed by atoms with Gasteiger partial charge in [0.05, 0.1) is 5.38 Å². The van der Waals surface area contributed by atoms with E-state index in [-0.39, 0.29) is 5.88 Å². The van der Waals surface area contributed by atoms with Gasteiger partial charge in [-0.15, -0.1) is 11.3 Å². The van der Waals surface area contributed by atoms with Crippen LogP contribution in [0.4, 0.5) is 0 Å². The van der Waals surface area contributed by atoms with Crippen LogP contribution in [0.3, 0.4) is 0 Å². The fraction of sp³-hybridized carbons (Fsp3) is 0.100. The van der Waals surface area contributed by atoms with Crippen LogP contribution in [0.15, 0.2) is 29.6 Å². The molecule has 0 amide bonds. The summed E-state index contributed by atoms with van der Waals surface area (Å²) in [5, 5.41) is 11.6. The quantitative estimate of drug-likeness (QED) is 0.751. The molecule has 0 atom stereocenters. The fourth-order valence-corrected chi connectivity index (χ4v) is 1.97. The van der Waals surface area contributed by atoms with E-state index in [1.54, 1.807) is 5.38 Å². The lowest BCUT2D eigenvalue weighted by Crippen LogP contribution is -1.80. The molecule has 13 heavy (non-hydrogen) atoms. The third-order valence-corrected chi connectivity index (χ3v) is 2.73. The monoisotopic (exact) mass is 191 g/mol. The minimum Gasteiger partial charge on any atom is -0.493 e. The van der Waals surface area contributed by atoms with E-state index >= 15 is 0 Å². The van der Waals surface area contributed by atoms with Crippen molar-refractivity contribution in [2.45, 2.75) is 6.92 Å². The van der Waals surface area contributed by atoms with Crippen molar-refractivity contribution in [1.82, 2.24) is 4.98 Å². The number of aromatic hydroxyl groups is 1. The van der Waals surface area contributed by atoms with Crippen LogP contribution in [0.5, 0.6) is 5.88 Å². The third-order valence-electron chi connectivity index (χ3n) is 1.87. The zero-order valence-electron chi connectivity index (χ0n) is 7.19. The summed E-state index contributed by atoms with van der Waals surface area (Å²) >= 11 is 1.46. The van der Waals surface area contributed by atoms with Crippen LogP contribution in [-0.2, 0) is 0 Å². The molecule has 1 heterocycles. The Morgan fingerprint density at radius 2 is 2.08 bits per heavy atom. The lowest BCUT2D eigenvalue weighted by Gasteiger charge is -1.99. The number of rotatable bonds is 1. The summed E-state index contributed by atoms with van der Waals surface area (Å²) in [4.78, 5) is 4.02. The van der Waals surface area contributed by atoms with E-state index in [1.807, 2.05) is 31.2 Å².